The lowest BCUT2D eigenvalue weighted by molar-refractivity contribution is -0.248. The number of ketones is 1. The predicted molar refractivity (Wildman–Crippen MR) is 381 cm³/mol. The number of hydrogen-bond acceptors (Lipinski definition) is 18. The van der Waals surface area contributed by atoms with E-state index in [2.05, 4.69) is 64.5 Å². The fourth-order valence-electron chi connectivity index (χ4n) is 18.3. The second kappa shape index (κ2) is 28.9. The highest BCUT2D eigenvalue weighted by atomic mass is 32.1. The first kappa shape index (κ1) is 68.3. The molecule has 7 aromatic rings. The van der Waals surface area contributed by atoms with Crippen LogP contribution in [-0.2, 0) is 27.3 Å². The van der Waals surface area contributed by atoms with Gasteiger partial charge in [-0.1, -0.05) is 94.4 Å². The van der Waals surface area contributed by atoms with Gasteiger partial charge in [0.1, 0.15) is 28.3 Å². The van der Waals surface area contributed by atoms with Crippen molar-refractivity contribution in [2.45, 2.75) is 200 Å². The number of nitrogens with one attached hydrogen (secondary N) is 3. The van der Waals surface area contributed by atoms with Gasteiger partial charge in [-0.2, -0.15) is 5.10 Å². The molecule has 22 heteroatoms. The van der Waals surface area contributed by atoms with Gasteiger partial charge in [0, 0.05) is 65.1 Å². The van der Waals surface area contributed by atoms with E-state index < -0.39 is 18.1 Å². The minimum atomic E-state index is -1.09. The molecule has 5 aliphatic carbocycles. The van der Waals surface area contributed by atoms with Crippen molar-refractivity contribution in [3.63, 3.8) is 0 Å². The number of carboxylic acid groups (broad SMARTS) is 1. The molecular formula is C75H97N13O7S2. The van der Waals surface area contributed by atoms with Crippen LogP contribution < -0.4 is 25.6 Å². The summed E-state index contributed by atoms with van der Waals surface area (Å²) < 4.78 is 16.6. The number of nitrogens with zero attached hydrogens (tertiary/aromatic N) is 10. The Morgan fingerprint density at radius 3 is 2.37 bits per heavy atom. The number of ether oxygens (including phenoxy) is 2. The van der Waals surface area contributed by atoms with E-state index >= 15 is 0 Å². The summed E-state index contributed by atoms with van der Waals surface area (Å²) in [5.41, 5.74) is 6.30. The van der Waals surface area contributed by atoms with Crippen molar-refractivity contribution in [1.82, 2.24) is 55.4 Å². The van der Waals surface area contributed by atoms with Crippen molar-refractivity contribution in [2.75, 3.05) is 63.7 Å². The maximum atomic E-state index is 14.3. The van der Waals surface area contributed by atoms with Gasteiger partial charge in [-0.15, -0.1) is 21.5 Å². The number of likely N-dealkylation sites (tertiary alicyclic amines) is 1. The molecule has 14 rings (SSSR count). The van der Waals surface area contributed by atoms with E-state index in [0.717, 1.165) is 178 Å². The van der Waals surface area contributed by atoms with E-state index in [9.17, 15) is 24.3 Å². The van der Waals surface area contributed by atoms with Crippen LogP contribution in [0.25, 0.3) is 21.3 Å². The number of para-hydroxylation sites is 1. The van der Waals surface area contributed by atoms with E-state index in [4.69, 9.17) is 34.6 Å². The van der Waals surface area contributed by atoms with Crippen LogP contribution in [0.2, 0.25) is 0 Å². The van der Waals surface area contributed by atoms with Crippen molar-refractivity contribution in [2.24, 2.45) is 22.2 Å². The van der Waals surface area contributed by atoms with Gasteiger partial charge >= 0.3 is 5.97 Å². The average Bonchev–Trinajstić information content (AvgIpc) is 1.48. The summed E-state index contributed by atoms with van der Waals surface area (Å²) in [6, 6.07) is 18.0. The molecular weight excluding hydrogens is 1260 g/mol. The van der Waals surface area contributed by atoms with Crippen LogP contribution in [-0.4, -0.2) is 145 Å². The zero-order valence-corrected chi connectivity index (χ0v) is 59.4. The number of rotatable bonds is 29. The first-order chi connectivity index (χ1) is 46.8. The lowest BCUT2D eigenvalue weighted by Gasteiger charge is -2.69. The molecule has 7 heterocycles. The van der Waals surface area contributed by atoms with Crippen LogP contribution in [0.15, 0.2) is 72.2 Å². The second-order valence-electron chi connectivity index (χ2n) is 30.0. The lowest BCUT2D eigenvalue weighted by atomic mass is 9.39. The number of amides is 2. The molecule has 20 nitrogen and oxygen atoms in total. The highest BCUT2D eigenvalue weighted by molar-refractivity contribution is 7.22. The van der Waals surface area contributed by atoms with E-state index in [1.54, 1.807) is 18.4 Å². The number of carbonyl (C=O) groups excluding carboxylic acids is 3. The van der Waals surface area contributed by atoms with E-state index in [0.29, 0.717) is 66.3 Å². The molecule has 2 aromatic carbocycles. The summed E-state index contributed by atoms with van der Waals surface area (Å²) in [4.78, 5) is 75.2. The van der Waals surface area contributed by atoms with Gasteiger partial charge in [0.2, 0.25) is 17.6 Å². The molecule has 5 aromatic heterocycles. The Kier molecular flexibility index (Phi) is 20.4. The first-order valence-corrected chi connectivity index (χ1v) is 37.4. The Labute approximate surface area is 578 Å². The summed E-state index contributed by atoms with van der Waals surface area (Å²) in [6.07, 6.45) is 23.5. The third kappa shape index (κ3) is 14.9. The molecule has 6 fully saturated rings. The zero-order valence-electron chi connectivity index (χ0n) is 57.7. The summed E-state index contributed by atoms with van der Waals surface area (Å²) in [6.45, 7) is 16.1. The van der Waals surface area contributed by atoms with E-state index in [1.165, 1.54) is 30.6 Å². The van der Waals surface area contributed by atoms with Gasteiger partial charge in [-0.3, -0.25) is 19.1 Å². The number of hydrogen-bond donors (Lipinski definition) is 4. The average molecular weight is 1360 g/mol. The van der Waals surface area contributed by atoms with Gasteiger partial charge in [0.15, 0.2) is 22.5 Å². The van der Waals surface area contributed by atoms with Crippen molar-refractivity contribution in [3.05, 3.63) is 111 Å². The number of pyridine rings is 1. The Morgan fingerprint density at radius 1 is 0.804 bits per heavy atom. The van der Waals surface area contributed by atoms with Crippen molar-refractivity contribution in [1.29, 1.82) is 0 Å². The molecule has 1 saturated heterocycles. The maximum absolute atomic E-state index is 14.3. The monoisotopic (exact) mass is 1360 g/mol. The Bertz CT molecular complexity index is 3960. The zero-order chi connectivity index (χ0) is 67.6. The van der Waals surface area contributed by atoms with Crippen molar-refractivity contribution in [3.8, 4) is 16.9 Å². The quantitative estimate of drug-likeness (QED) is 0.0252. The number of anilines is 4. The molecule has 4 bridgehead atoms. The lowest BCUT2D eigenvalue weighted by Crippen LogP contribution is -2.64. The SMILES string of the molecule is CN[C@@H](C)C(=O)N[C@H](C(=O)N1CCC[C@H]1c1nc(C(=O)c2cccc(OCCCCCCCCN(C)CCOC34CC5(C)CC(C)(CC(Cn6ncc(-c7ccc(N8CCCc9c8nnc(Nc8nc%10ccccc%10s8)c9C)nc7C(=O)O)c6C)(C5)C3)C4)c2)cs1)C1CCCCC1. The van der Waals surface area contributed by atoms with Crippen LogP contribution in [0.4, 0.5) is 22.6 Å². The molecule has 5 saturated carbocycles. The Balaban J connectivity index is 0.549. The summed E-state index contributed by atoms with van der Waals surface area (Å²) >= 11 is 3.00. The highest BCUT2D eigenvalue weighted by Gasteiger charge is 2.66. The Hall–Kier alpha value is -7.24. The third-order valence-corrected chi connectivity index (χ3v) is 24.0. The molecule has 0 radical (unpaired) electrons. The maximum Gasteiger partial charge on any atom is 0.355 e. The minimum absolute atomic E-state index is 0.00464. The molecule has 5 atom stereocenters. The number of carboxylic acids is 1. The van der Waals surface area contributed by atoms with Crippen LogP contribution >= 0.6 is 22.7 Å². The largest absolute Gasteiger partial charge is 0.494 e. The molecule has 2 aliphatic heterocycles. The second-order valence-corrected chi connectivity index (χ2v) is 31.9. The number of likely N-dealkylation sites (N-methyl/N-ethyl adjacent to an activating group) is 2. The molecule has 4 N–H and O–H groups in total. The van der Waals surface area contributed by atoms with Crippen molar-refractivity contribution < 1.29 is 33.8 Å². The topological polar surface area (TPSA) is 235 Å². The fraction of sp³-hybridized carbons (Fsp3) is 0.573. The highest BCUT2D eigenvalue weighted by Crippen LogP contribution is 2.72. The number of fused-ring (bicyclic) bond motifs is 2. The molecule has 2 unspecified atom stereocenters. The number of aromatic nitrogens is 7. The Morgan fingerprint density at radius 2 is 1.59 bits per heavy atom. The van der Waals surface area contributed by atoms with Crippen molar-refractivity contribution >= 4 is 79.0 Å². The van der Waals surface area contributed by atoms with Crippen LogP contribution in [0, 0.1) is 36.0 Å². The van der Waals surface area contributed by atoms with Crippen LogP contribution in [0.5, 0.6) is 5.75 Å². The van der Waals surface area contributed by atoms with Gasteiger partial charge in [0.05, 0.1) is 47.3 Å². The molecule has 0 spiro atoms. The summed E-state index contributed by atoms with van der Waals surface area (Å²) in [7, 11) is 3.97. The number of unbranched alkanes of at least 4 members (excludes halogenated alkanes) is 5. The van der Waals surface area contributed by atoms with E-state index in [-0.39, 0.29) is 57.1 Å². The van der Waals surface area contributed by atoms with Gasteiger partial charge in [-0.25, -0.2) is 19.7 Å². The normalized spacial score (nSPS) is 23.6. The van der Waals surface area contributed by atoms with Gasteiger partial charge in [0.25, 0.3) is 0 Å². The summed E-state index contributed by atoms with van der Waals surface area (Å²) in [5, 5.41) is 38.0. The van der Waals surface area contributed by atoms with Crippen LogP contribution in [0.3, 0.4) is 0 Å². The number of aromatic carboxylic acids is 1. The molecule has 2 amide bonds. The number of carbonyl (C=O) groups is 4. The minimum Gasteiger partial charge on any atom is -0.494 e. The number of thiazole rings is 2. The number of benzene rings is 2. The fourth-order valence-corrected chi connectivity index (χ4v) is 20.1. The molecule has 516 valence electrons. The first-order valence-electron chi connectivity index (χ1n) is 35.7. The van der Waals surface area contributed by atoms with Crippen LogP contribution in [0.1, 0.15) is 204 Å². The van der Waals surface area contributed by atoms with E-state index in [1.807, 2.05) is 89.8 Å². The standard InChI is InChI=1S/C75H97N13O7S2/c1-48-54-26-20-34-87(66(54)84-83-65(48)82-71-79-57-27-15-16-29-60(57)97-71)61-31-30-55(63(80-61)70(92)93)56-39-77-88(50(56)3)47-74-42-72(4)41-73(5,43-74)45-75(44-72,46-74)95-37-35-85(7)32-17-10-8-9-11-18-36-94-53-25-19-24-52(38-53)64(89)58-40-96-68(78-58)59-28-21-33-86(59)69(91)62(51-22-13-12-14-23-51)81-67(90)49(2)76-6/h15-16,19,24-25,27,29-31,38-40,49,51,59,62,76H,8-14,17-18,20-23,26,28,32-37,41-47H2,1-7H3,(H,81,90)(H,92,93)(H,79,82,83)/t49-,59-,62-,72?,73?,74?,75?/m0/s1. The van der Waals surface area contributed by atoms with Gasteiger partial charge in [-0.05, 0) is 190 Å². The predicted octanol–water partition coefficient (Wildman–Crippen LogP) is 14.0. The summed E-state index contributed by atoms with van der Waals surface area (Å²) in [5.74, 6) is 1.20. The smallest absolute Gasteiger partial charge is 0.355 e. The molecule has 97 heavy (non-hydrogen) atoms. The third-order valence-electron chi connectivity index (χ3n) is 22.1. The molecule has 7 aliphatic rings. The van der Waals surface area contributed by atoms with Gasteiger partial charge < -0.3 is 45.2 Å².